The molecule has 0 N–H and O–H groups in total. The molecule has 13 heteroatoms. The van der Waals surface area contributed by atoms with Crippen LogP contribution in [0.4, 0.5) is 39.5 Å². The average molecular weight is 523 g/mol. The van der Waals surface area contributed by atoms with Crippen LogP contribution in [0.3, 0.4) is 0 Å². The van der Waals surface area contributed by atoms with Crippen molar-refractivity contribution in [2.24, 2.45) is 5.92 Å². The van der Waals surface area contributed by atoms with Gasteiger partial charge in [-0.2, -0.15) is 39.5 Å². The molecule has 0 aromatic carbocycles. The van der Waals surface area contributed by atoms with Gasteiger partial charge in [-0.05, 0) is 38.7 Å². The summed E-state index contributed by atoms with van der Waals surface area (Å²) in [6, 6.07) is 0. The number of alkyl halides is 9. The molecule has 3 nitrogen and oxygen atoms in total. The molecule has 1 unspecified atom stereocenters. The summed E-state index contributed by atoms with van der Waals surface area (Å²) in [5.74, 6) is -0.932. The predicted octanol–water partition coefficient (Wildman–Crippen LogP) is 8.42. The van der Waals surface area contributed by atoms with Crippen LogP contribution in [-0.2, 0) is 13.7 Å². The summed E-state index contributed by atoms with van der Waals surface area (Å²) >= 11 is -0.790. The van der Waals surface area contributed by atoms with Crippen molar-refractivity contribution >= 4 is 12.0 Å². The fourth-order valence-corrected chi connectivity index (χ4v) is 3.08. The Kier molecular flexibility index (Phi) is 18.9. The summed E-state index contributed by atoms with van der Waals surface area (Å²) in [7, 11) is 0.878. The van der Waals surface area contributed by atoms with E-state index in [1.807, 2.05) is 13.8 Å². The van der Waals surface area contributed by atoms with Crippen LogP contribution in [0.15, 0.2) is 11.8 Å². The van der Waals surface area contributed by atoms with E-state index in [0.29, 0.717) is 6.42 Å². The van der Waals surface area contributed by atoms with Gasteiger partial charge in [0, 0.05) is 13.0 Å². The molecule has 1 atom stereocenters. The number of hydrogen-bond acceptors (Lipinski definition) is 4. The van der Waals surface area contributed by atoms with Crippen LogP contribution in [0.1, 0.15) is 59.8 Å². The van der Waals surface area contributed by atoms with Crippen LogP contribution in [0, 0.1) is 18.8 Å². The second kappa shape index (κ2) is 17.2. The number of methoxy groups -OCH3 is 1. The SMILES string of the molecule is C#C.C/C=C(/OSC(F)(F)F)C(CCC)CCCC(OCOC)(C(F)(F)F)C(F)(F)F.CC. The third-order valence-electron chi connectivity index (χ3n) is 3.98. The Morgan fingerprint density at radius 2 is 1.42 bits per heavy atom. The fourth-order valence-electron chi connectivity index (χ4n) is 2.66. The minimum absolute atomic E-state index is 0.156. The van der Waals surface area contributed by atoms with Gasteiger partial charge in [0.05, 0.1) is 0 Å². The molecular formula is C20H31F9O3S. The van der Waals surface area contributed by atoms with Crippen LogP contribution >= 0.6 is 12.0 Å². The van der Waals surface area contributed by atoms with Crippen molar-refractivity contribution in [1.29, 1.82) is 0 Å². The van der Waals surface area contributed by atoms with E-state index in [0.717, 1.165) is 7.11 Å². The molecule has 0 radical (unpaired) electrons. The number of allylic oxidation sites excluding steroid dienone is 2. The standard InChI is InChI=1S/C16H23F9O3S.C2H6.C2H2/c1-4-7-11(12(5-2)28-29-16(23,24)25)8-6-9-13(14(17,18)19,15(20,21)22)27-10-26-3;2*1-2/h5,11H,4,6-10H2,1-3H3;1-2H3;1-2H/b12-5+;;. The summed E-state index contributed by atoms with van der Waals surface area (Å²) in [5, 5.41) is 0. The zero-order valence-corrected chi connectivity index (χ0v) is 19.9. The van der Waals surface area contributed by atoms with E-state index in [1.54, 1.807) is 6.92 Å². The Bertz CT molecular complexity index is 528. The van der Waals surface area contributed by atoms with E-state index in [4.69, 9.17) is 0 Å². The van der Waals surface area contributed by atoms with Crippen LogP contribution in [0.2, 0.25) is 0 Å². The smallest absolute Gasteiger partial charge is 0.422 e. The summed E-state index contributed by atoms with van der Waals surface area (Å²) in [4.78, 5) is 0. The summed E-state index contributed by atoms with van der Waals surface area (Å²) in [5.41, 5.74) is -9.15. The zero-order chi connectivity index (χ0) is 26.9. The van der Waals surface area contributed by atoms with Gasteiger partial charge in [-0.1, -0.05) is 27.2 Å². The Labute approximate surface area is 193 Å². The number of halogens is 9. The van der Waals surface area contributed by atoms with Crippen LogP contribution in [0.25, 0.3) is 0 Å². The largest absolute Gasteiger partial charge is 0.479 e. The van der Waals surface area contributed by atoms with Crippen LogP contribution in [-0.4, -0.2) is 37.4 Å². The number of ether oxygens (including phenoxy) is 2. The molecule has 0 aliphatic heterocycles. The van der Waals surface area contributed by atoms with Gasteiger partial charge >= 0.3 is 17.9 Å². The maximum absolute atomic E-state index is 13.3. The third kappa shape index (κ3) is 13.3. The van der Waals surface area contributed by atoms with Gasteiger partial charge in [-0.15, -0.1) is 12.8 Å². The Balaban J connectivity index is -0.00000212. The highest BCUT2D eigenvalue weighted by atomic mass is 32.2. The first-order valence-corrected chi connectivity index (χ1v) is 10.6. The van der Waals surface area contributed by atoms with E-state index in [1.165, 1.54) is 13.0 Å². The first-order valence-electron chi connectivity index (χ1n) is 9.83. The fraction of sp³-hybridized carbons (Fsp3) is 0.800. The van der Waals surface area contributed by atoms with Gasteiger partial charge < -0.3 is 13.7 Å². The van der Waals surface area contributed by atoms with Crippen molar-refractivity contribution in [2.45, 2.75) is 83.3 Å². The van der Waals surface area contributed by atoms with Gasteiger partial charge in [-0.3, -0.25) is 0 Å². The second-order valence-electron chi connectivity index (χ2n) is 6.05. The van der Waals surface area contributed by atoms with Crippen molar-refractivity contribution in [3.05, 3.63) is 11.8 Å². The predicted molar refractivity (Wildman–Crippen MR) is 110 cm³/mol. The van der Waals surface area contributed by atoms with Gasteiger partial charge in [0.25, 0.3) is 5.60 Å². The highest BCUT2D eigenvalue weighted by Gasteiger charge is 2.71. The maximum atomic E-state index is 13.3. The van der Waals surface area contributed by atoms with Crippen molar-refractivity contribution < 1.29 is 53.2 Å². The Morgan fingerprint density at radius 3 is 1.76 bits per heavy atom. The van der Waals surface area contributed by atoms with E-state index in [-0.39, 0.29) is 18.6 Å². The van der Waals surface area contributed by atoms with Gasteiger partial charge in [-0.25, -0.2) is 0 Å². The summed E-state index contributed by atoms with van der Waals surface area (Å²) in [6.07, 6.45) is -4.00. The molecule has 0 aromatic rings. The van der Waals surface area contributed by atoms with E-state index in [2.05, 4.69) is 26.5 Å². The summed E-state index contributed by atoms with van der Waals surface area (Å²) in [6.45, 7) is 5.81. The normalized spacial score (nSPS) is 13.9. The minimum Gasteiger partial charge on any atom is -0.422 e. The lowest BCUT2D eigenvalue weighted by atomic mass is 9.89. The first-order chi connectivity index (χ1) is 15.1. The molecule has 0 heterocycles. The second-order valence-corrected chi connectivity index (χ2v) is 6.85. The molecule has 0 bridgehead atoms. The summed E-state index contributed by atoms with van der Waals surface area (Å²) < 4.78 is 130. The lowest BCUT2D eigenvalue weighted by Gasteiger charge is -2.37. The molecule has 0 aliphatic carbocycles. The molecule has 33 heavy (non-hydrogen) atoms. The Hall–Kier alpha value is -1.26. The van der Waals surface area contributed by atoms with Crippen LogP contribution in [0.5, 0.6) is 0 Å². The minimum atomic E-state index is -5.77. The lowest BCUT2D eigenvalue weighted by Crippen LogP contribution is -2.59. The highest BCUT2D eigenvalue weighted by Crippen LogP contribution is 2.49. The molecule has 0 aliphatic rings. The highest BCUT2D eigenvalue weighted by molar-refractivity contribution is 7.95. The molecular weight excluding hydrogens is 491 g/mol. The maximum Gasteiger partial charge on any atom is 0.479 e. The quantitative estimate of drug-likeness (QED) is 0.0846. The third-order valence-corrected chi connectivity index (χ3v) is 4.44. The molecule has 0 rings (SSSR count). The van der Waals surface area contributed by atoms with Crippen molar-refractivity contribution in [2.75, 3.05) is 13.9 Å². The van der Waals surface area contributed by atoms with Crippen LogP contribution < -0.4 is 0 Å². The zero-order valence-electron chi connectivity index (χ0n) is 19.1. The molecule has 0 saturated carbocycles. The number of hydrogen-bond donors (Lipinski definition) is 0. The number of terminal acetylenes is 1. The topological polar surface area (TPSA) is 27.7 Å². The molecule has 0 spiro atoms. The van der Waals surface area contributed by atoms with E-state index >= 15 is 0 Å². The van der Waals surface area contributed by atoms with Gasteiger partial charge in [0.1, 0.15) is 12.6 Å². The monoisotopic (exact) mass is 522 g/mol. The molecule has 0 aromatic heterocycles. The van der Waals surface area contributed by atoms with Crippen molar-refractivity contribution in [3.63, 3.8) is 0 Å². The van der Waals surface area contributed by atoms with E-state index < -0.39 is 61.1 Å². The Morgan fingerprint density at radius 1 is 0.939 bits per heavy atom. The number of rotatable bonds is 12. The molecule has 198 valence electrons. The van der Waals surface area contributed by atoms with Crippen molar-refractivity contribution in [3.8, 4) is 12.8 Å². The van der Waals surface area contributed by atoms with Gasteiger partial charge in [0.2, 0.25) is 0 Å². The van der Waals surface area contributed by atoms with Gasteiger partial charge in [0.15, 0.2) is 12.0 Å². The molecule has 0 amide bonds. The van der Waals surface area contributed by atoms with E-state index in [9.17, 15) is 39.5 Å². The average Bonchev–Trinajstić information content (AvgIpc) is 2.71. The molecule has 0 fully saturated rings. The van der Waals surface area contributed by atoms with Crippen molar-refractivity contribution in [1.82, 2.24) is 0 Å². The lowest BCUT2D eigenvalue weighted by molar-refractivity contribution is -0.394. The first kappa shape index (κ1) is 36.3. The molecule has 0 saturated heterocycles.